The number of aryl methyl sites for hydroxylation is 1. The Balaban J connectivity index is 2.47. The summed E-state index contributed by atoms with van der Waals surface area (Å²) in [7, 11) is 1.70. The predicted octanol–water partition coefficient (Wildman–Crippen LogP) is 3.90. The van der Waals surface area contributed by atoms with Crippen molar-refractivity contribution >= 4 is 6.08 Å². The van der Waals surface area contributed by atoms with Gasteiger partial charge in [-0.2, -0.15) is 0 Å². The maximum atomic E-state index is 5.58. The molecule has 0 amide bonds. The van der Waals surface area contributed by atoms with Crippen molar-refractivity contribution in [3.8, 4) is 16.9 Å². The second-order valence-electron chi connectivity index (χ2n) is 4.72. The second-order valence-corrected chi connectivity index (χ2v) is 4.72. The molecular weight excluding hydrogens is 246 g/mol. The van der Waals surface area contributed by atoms with E-state index in [4.69, 9.17) is 10.5 Å². The molecule has 0 saturated heterocycles. The SMILES string of the molecule is C=Cc1cccc(OC)c1-c1cccc(CCCN)c1. The van der Waals surface area contributed by atoms with Crippen LogP contribution in [-0.2, 0) is 6.42 Å². The van der Waals surface area contributed by atoms with Crippen molar-refractivity contribution in [1.29, 1.82) is 0 Å². The van der Waals surface area contributed by atoms with Crippen LogP contribution >= 0.6 is 0 Å². The highest BCUT2D eigenvalue weighted by molar-refractivity contribution is 5.80. The number of methoxy groups -OCH3 is 1. The molecule has 104 valence electrons. The van der Waals surface area contributed by atoms with Gasteiger partial charge in [0, 0.05) is 5.56 Å². The van der Waals surface area contributed by atoms with E-state index in [1.54, 1.807) is 7.11 Å². The Labute approximate surface area is 120 Å². The monoisotopic (exact) mass is 267 g/mol. The summed E-state index contributed by atoms with van der Waals surface area (Å²) >= 11 is 0. The number of benzene rings is 2. The summed E-state index contributed by atoms with van der Waals surface area (Å²) in [6.45, 7) is 4.61. The van der Waals surface area contributed by atoms with Crippen LogP contribution in [0.25, 0.3) is 17.2 Å². The van der Waals surface area contributed by atoms with Gasteiger partial charge in [0.25, 0.3) is 0 Å². The molecule has 2 rings (SSSR count). The van der Waals surface area contributed by atoms with Gasteiger partial charge in [0.05, 0.1) is 7.11 Å². The summed E-state index contributed by atoms with van der Waals surface area (Å²) in [5, 5.41) is 0. The molecule has 2 aromatic rings. The molecule has 20 heavy (non-hydrogen) atoms. The topological polar surface area (TPSA) is 35.2 Å². The van der Waals surface area contributed by atoms with Gasteiger partial charge in [0.2, 0.25) is 0 Å². The van der Waals surface area contributed by atoms with Crippen LogP contribution in [-0.4, -0.2) is 13.7 Å². The molecule has 0 radical (unpaired) electrons. The third-order valence-corrected chi connectivity index (χ3v) is 3.38. The van der Waals surface area contributed by atoms with Crippen molar-refractivity contribution in [2.24, 2.45) is 5.73 Å². The fourth-order valence-corrected chi connectivity index (χ4v) is 2.39. The van der Waals surface area contributed by atoms with E-state index < -0.39 is 0 Å². The van der Waals surface area contributed by atoms with Gasteiger partial charge in [-0.25, -0.2) is 0 Å². The Kier molecular flexibility index (Phi) is 4.97. The van der Waals surface area contributed by atoms with Crippen molar-refractivity contribution in [2.45, 2.75) is 12.8 Å². The van der Waals surface area contributed by atoms with Crippen LogP contribution in [0.2, 0.25) is 0 Å². The first-order valence-electron chi connectivity index (χ1n) is 6.89. The Bertz CT molecular complexity index is 590. The summed E-state index contributed by atoms with van der Waals surface area (Å²) in [5.41, 5.74) is 10.2. The molecule has 2 aromatic carbocycles. The molecule has 2 heteroatoms. The van der Waals surface area contributed by atoms with Crippen LogP contribution in [0.15, 0.2) is 49.0 Å². The average Bonchev–Trinajstić information content (AvgIpc) is 2.52. The van der Waals surface area contributed by atoms with Crippen LogP contribution in [0.4, 0.5) is 0 Å². The van der Waals surface area contributed by atoms with Gasteiger partial charge < -0.3 is 10.5 Å². The zero-order valence-corrected chi connectivity index (χ0v) is 11.9. The minimum Gasteiger partial charge on any atom is -0.496 e. The number of rotatable bonds is 6. The lowest BCUT2D eigenvalue weighted by molar-refractivity contribution is 0.416. The fourth-order valence-electron chi connectivity index (χ4n) is 2.39. The van der Waals surface area contributed by atoms with Crippen LogP contribution in [0.5, 0.6) is 5.75 Å². The van der Waals surface area contributed by atoms with Crippen LogP contribution in [0.1, 0.15) is 17.5 Å². The van der Waals surface area contributed by atoms with Crippen molar-refractivity contribution < 1.29 is 4.74 Å². The Hall–Kier alpha value is -2.06. The maximum absolute atomic E-state index is 5.58. The lowest BCUT2D eigenvalue weighted by Crippen LogP contribution is -2.00. The molecule has 0 aliphatic carbocycles. The number of nitrogens with two attached hydrogens (primary N) is 1. The second kappa shape index (κ2) is 6.92. The zero-order valence-electron chi connectivity index (χ0n) is 11.9. The predicted molar refractivity (Wildman–Crippen MR) is 85.9 cm³/mol. The smallest absolute Gasteiger partial charge is 0.127 e. The third-order valence-electron chi connectivity index (χ3n) is 3.38. The standard InChI is InChI=1S/C18H21NO/c1-3-15-9-5-11-17(20-2)18(15)16-10-4-7-14(13-16)8-6-12-19/h3-5,7,9-11,13H,1,6,8,12,19H2,2H3. The highest BCUT2D eigenvalue weighted by Crippen LogP contribution is 2.34. The molecule has 0 heterocycles. The van der Waals surface area contributed by atoms with Crippen LogP contribution in [0.3, 0.4) is 0 Å². The molecule has 2 N–H and O–H groups in total. The Morgan fingerprint density at radius 3 is 2.70 bits per heavy atom. The van der Waals surface area contributed by atoms with Gasteiger partial charge in [0.1, 0.15) is 5.75 Å². The van der Waals surface area contributed by atoms with Crippen LogP contribution in [0, 0.1) is 0 Å². The minimum atomic E-state index is 0.719. The van der Waals surface area contributed by atoms with Gasteiger partial charge in [-0.3, -0.25) is 0 Å². The van der Waals surface area contributed by atoms with E-state index in [0.717, 1.165) is 41.8 Å². The first kappa shape index (κ1) is 14.4. The summed E-state index contributed by atoms with van der Waals surface area (Å²) in [6, 6.07) is 14.6. The van der Waals surface area contributed by atoms with E-state index in [9.17, 15) is 0 Å². The molecule has 0 aromatic heterocycles. The van der Waals surface area contributed by atoms with E-state index in [1.807, 2.05) is 18.2 Å². The highest BCUT2D eigenvalue weighted by Gasteiger charge is 2.10. The third kappa shape index (κ3) is 3.09. The minimum absolute atomic E-state index is 0.719. The Morgan fingerprint density at radius 2 is 2.00 bits per heavy atom. The fraction of sp³-hybridized carbons (Fsp3) is 0.222. The molecule has 0 bridgehead atoms. The first-order chi connectivity index (χ1) is 9.80. The van der Waals surface area contributed by atoms with Gasteiger partial charge in [0.15, 0.2) is 0 Å². The number of ether oxygens (including phenoxy) is 1. The summed E-state index contributed by atoms with van der Waals surface area (Å²) in [4.78, 5) is 0. The molecule has 0 saturated carbocycles. The van der Waals surface area contributed by atoms with E-state index in [0.29, 0.717) is 0 Å². The summed E-state index contributed by atoms with van der Waals surface area (Å²) in [6.07, 6.45) is 3.87. The molecule has 0 unspecified atom stereocenters. The molecule has 0 aliphatic rings. The molecular formula is C18H21NO. The molecule has 2 nitrogen and oxygen atoms in total. The highest BCUT2D eigenvalue weighted by atomic mass is 16.5. The van der Waals surface area contributed by atoms with Gasteiger partial charge in [-0.1, -0.05) is 49.1 Å². The van der Waals surface area contributed by atoms with E-state index >= 15 is 0 Å². The number of hydrogen-bond donors (Lipinski definition) is 1. The quantitative estimate of drug-likeness (QED) is 0.861. The molecule has 0 fully saturated rings. The van der Waals surface area contributed by atoms with Gasteiger partial charge in [-0.05, 0) is 42.1 Å². The summed E-state index contributed by atoms with van der Waals surface area (Å²) < 4.78 is 5.50. The zero-order chi connectivity index (χ0) is 14.4. The average molecular weight is 267 g/mol. The molecule has 0 aliphatic heterocycles. The first-order valence-corrected chi connectivity index (χ1v) is 6.89. The van der Waals surface area contributed by atoms with Crippen LogP contribution < -0.4 is 10.5 Å². The normalized spacial score (nSPS) is 10.3. The summed E-state index contributed by atoms with van der Waals surface area (Å²) in [5.74, 6) is 0.873. The van der Waals surface area contributed by atoms with E-state index in [-0.39, 0.29) is 0 Å². The maximum Gasteiger partial charge on any atom is 0.127 e. The van der Waals surface area contributed by atoms with E-state index in [1.165, 1.54) is 5.56 Å². The molecule has 0 spiro atoms. The number of hydrogen-bond acceptors (Lipinski definition) is 2. The van der Waals surface area contributed by atoms with Crippen molar-refractivity contribution in [2.75, 3.05) is 13.7 Å². The van der Waals surface area contributed by atoms with Gasteiger partial charge >= 0.3 is 0 Å². The van der Waals surface area contributed by atoms with Gasteiger partial charge in [-0.15, -0.1) is 0 Å². The van der Waals surface area contributed by atoms with Crippen molar-refractivity contribution in [3.05, 3.63) is 60.2 Å². The van der Waals surface area contributed by atoms with E-state index in [2.05, 4.69) is 36.9 Å². The molecule has 0 atom stereocenters. The lowest BCUT2D eigenvalue weighted by Gasteiger charge is -2.13. The largest absolute Gasteiger partial charge is 0.496 e. The Morgan fingerprint density at radius 1 is 1.20 bits per heavy atom. The van der Waals surface area contributed by atoms with Crippen molar-refractivity contribution in [1.82, 2.24) is 0 Å². The van der Waals surface area contributed by atoms with Crippen molar-refractivity contribution in [3.63, 3.8) is 0 Å². The lowest BCUT2D eigenvalue weighted by atomic mass is 9.96.